The van der Waals surface area contributed by atoms with Gasteiger partial charge in [-0.1, -0.05) is 18.2 Å². The largest absolute Gasteiger partial charge is 0.368 e. The lowest BCUT2D eigenvalue weighted by Crippen LogP contribution is -2.46. The molecule has 0 saturated carbocycles. The molecule has 1 aromatic carbocycles. The van der Waals surface area contributed by atoms with Crippen LogP contribution in [-0.4, -0.2) is 47.0 Å². The Hall–Kier alpha value is -3.48. The zero-order valence-electron chi connectivity index (χ0n) is 16.5. The SMILES string of the molecule is Cc1cccc(N2CCN(c3cnc(C(=O)NCc4ccccn4)cn3)CC2)c1. The average molecular weight is 388 g/mol. The normalized spacial score (nSPS) is 14.0. The van der Waals surface area contributed by atoms with Crippen molar-refractivity contribution in [2.45, 2.75) is 13.5 Å². The number of benzene rings is 1. The van der Waals surface area contributed by atoms with Crippen LogP contribution in [0.3, 0.4) is 0 Å². The molecule has 148 valence electrons. The number of hydrogen-bond acceptors (Lipinski definition) is 6. The number of nitrogens with zero attached hydrogens (tertiary/aromatic N) is 5. The highest BCUT2D eigenvalue weighted by atomic mass is 16.1. The van der Waals surface area contributed by atoms with Gasteiger partial charge in [0.25, 0.3) is 5.91 Å². The summed E-state index contributed by atoms with van der Waals surface area (Å²) in [6.45, 7) is 6.07. The molecule has 0 spiro atoms. The molecule has 1 saturated heterocycles. The van der Waals surface area contributed by atoms with E-state index in [2.05, 4.69) is 61.3 Å². The molecule has 1 fully saturated rings. The van der Waals surface area contributed by atoms with Crippen LogP contribution in [0, 0.1) is 6.92 Å². The number of hydrogen-bond donors (Lipinski definition) is 1. The maximum absolute atomic E-state index is 12.3. The van der Waals surface area contributed by atoms with Crippen LogP contribution >= 0.6 is 0 Å². The lowest BCUT2D eigenvalue weighted by atomic mass is 10.2. The van der Waals surface area contributed by atoms with Gasteiger partial charge in [0.1, 0.15) is 11.5 Å². The molecule has 7 heteroatoms. The average Bonchev–Trinajstić information content (AvgIpc) is 2.78. The molecule has 0 radical (unpaired) electrons. The van der Waals surface area contributed by atoms with Gasteiger partial charge in [-0.2, -0.15) is 0 Å². The summed E-state index contributed by atoms with van der Waals surface area (Å²) in [6, 6.07) is 14.2. The van der Waals surface area contributed by atoms with E-state index in [0.717, 1.165) is 37.7 Å². The number of amides is 1. The van der Waals surface area contributed by atoms with Gasteiger partial charge in [-0.05, 0) is 36.8 Å². The molecule has 1 aliphatic heterocycles. The number of rotatable bonds is 5. The van der Waals surface area contributed by atoms with Gasteiger partial charge < -0.3 is 15.1 Å². The van der Waals surface area contributed by atoms with Gasteiger partial charge in [0.2, 0.25) is 0 Å². The Bertz CT molecular complexity index is 953. The van der Waals surface area contributed by atoms with Gasteiger partial charge in [0, 0.05) is 38.1 Å². The summed E-state index contributed by atoms with van der Waals surface area (Å²) in [5.74, 6) is 0.550. The van der Waals surface area contributed by atoms with E-state index in [-0.39, 0.29) is 5.91 Å². The van der Waals surface area contributed by atoms with Crippen molar-refractivity contribution in [1.29, 1.82) is 0 Å². The summed E-state index contributed by atoms with van der Waals surface area (Å²) in [5, 5.41) is 2.82. The quantitative estimate of drug-likeness (QED) is 0.724. The fraction of sp³-hybridized carbons (Fsp3) is 0.273. The van der Waals surface area contributed by atoms with Crippen molar-refractivity contribution in [2.75, 3.05) is 36.0 Å². The Labute approximate surface area is 170 Å². The molecule has 1 amide bonds. The second-order valence-corrected chi connectivity index (χ2v) is 7.08. The summed E-state index contributed by atoms with van der Waals surface area (Å²) < 4.78 is 0. The Morgan fingerprint density at radius 1 is 0.966 bits per heavy atom. The predicted molar refractivity (Wildman–Crippen MR) is 113 cm³/mol. The highest BCUT2D eigenvalue weighted by molar-refractivity contribution is 5.91. The van der Waals surface area contributed by atoms with Gasteiger partial charge in [-0.25, -0.2) is 9.97 Å². The molecule has 0 aliphatic carbocycles. The molecule has 3 aromatic rings. The van der Waals surface area contributed by atoms with E-state index in [1.54, 1.807) is 12.4 Å². The van der Waals surface area contributed by atoms with E-state index < -0.39 is 0 Å². The predicted octanol–water partition coefficient (Wildman–Crippen LogP) is 2.44. The standard InChI is InChI=1S/C22H24N6O/c1-17-5-4-7-19(13-17)27-9-11-28(12-10-27)21-16-24-20(15-25-21)22(29)26-14-18-6-2-3-8-23-18/h2-8,13,15-16H,9-12,14H2,1H3,(H,26,29). The van der Waals surface area contributed by atoms with Crippen molar-refractivity contribution in [3.8, 4) is 0 Å². The monoisotopic (exact) mass is 388 g/mol. The minimum Gasteiger partial charge on any atom is -0.368 e. The van der Waals surface area contributed by atoms with Crippen LogP contribution < -0.4 is 15.1 Å². The first kappa shape index (κ1) is 18.9. The Morgan fingerprint density at radius 3 is 2.48 bits per heavy atom. The van der Waals surface area contributed by atoms with Crippen LogP contribution in [-0.2, 0) is 6.54 Å². The number of carbonyl (C=O) groups excluding carboxylic acids is 1. The van der Waals surface area contributed by atoms with Gasteiger partial charge in [-0.3, -0.25) is 9.78 Å². The maximum atomic E-state index is 12.3. The van der Waals surface area contributed by atoms with Gasteiger partial charge in [-0.15, -0.1) is 0 Å². The smallest absolute Gasteiger partial charge is 0.271 e. The first-order valence-corrected chi connectivity index (χ1v) is 9.76. The van der Waals surface area contributed by atoms with E-state index in [0.29, 0.717) is 12.2 Å². The number of pyridine rings is 1. The van der Waals surface area contributed by atoms with Crippen LogP contribution in [0.25, 0.3) is 0 Å². The van der Waals surface area contributed by atoms with E-state index in [4.69, 9.17) is 0 Å². The number of carbonyl (C=O) groups is 1. The van der Waals surface area contributed by atoms with Crippen molar-refractivity contribution in [3.63, 3.8) is 0 Å². The van der Waals surface area contributed by atoms with Crippen molar-refractivity contribution in [1.82, 2.24) is 20.3 Å². The molecule has 1 N–H and O–H groups in total. The first-order chi connectivity index (χ1) is 14.2. The molecular weight excluding hydrogens is 364 g/mol. The zero-order valence-corrected chi connectivity index (χ0v) is 16.5. The summed E-state index contributed by atoms with van der Waals surface area (Å²) in [7, 11) is 0. The highest BCUT2D eigenvalue weighted by Crippen LogP contribution is 2.19. The van der Waals surface area contributed by atoms with Crippen molar-refractivity contribution < 1.29 is 4.79 Å². The summed E-state index contributed by atoms with van der Waals surface area (Å²) >= 11 is 0. The molecule has 29 heavy (non-hydrogen) atoms. The molecule has 3 heterocycles. The van der Waals surface area contributed by atoms with E-state index in [9.17, 15) is 4.79 Å². The summed E-state index contributed by atoms with van der Waals surface area (Å²) in [4.78, 5) is 29.8. The molecular formula is C22H24N6O. The van der Waals surface area contributed by atoms with Crippen LogP contribution in [0.5, 0.6) is 0 Å². The van der Waals surface area contributed by atoms with Gasteiger partial charge in [0.15, 0.2) is 0 Å². The summed E-state index contributed by atoms with van der Waals surface area (Å²) in [6.07, 6.45) is 4.92. The van der Waals surface area contributed by atoms with Crippen molar-refractivity contribution in [3.05, 3.63) is 78.0 Å². The lowest BCUT2D eigenvalue weighted by molar-refractivity contribution is 0.0945. The summed E-state index contributed by atoms with van der Waals surface area (Å²) in [5.41, 5.74) is 3.64. The molecule has 0 bridgehead atoms. The van der Waals surface area contributed by atoms with Crippen molar-refractivity contribution >= 4 is 17.4 Å². The Morgan fingerprint density at radius 2 is 1.79 bits per heavy atom. The minimum atomic E-state index is -0.251. The molecule has 7 nitrogen and oxygen atoms in total. The Kier molecular flexibility index (Phi) is 5.65. The number of piperazine rings is 1. The van der Waals surface area contributed by atoms with Gasteiger partial charge in [0.05, 0.1) is 24.6 Å². The fourth-order valence-electron chi connectivity index (χ4n) is 3.38. The molecule has 1 aliphatic rings. The first-order valence-electron chi connectivity index (χ1n) is 9.76. The zero-order chi connectivity index (χ0) is 20.1. The third-order valence-electron chi connectivity index (χ3n) is 5.00. The number of anilines is 2. The van der Waals surface area contributed by atoms with Crippen LogP contribution in [0.2, 0.25) is 0 Å². The van der Waals surface area contributed by atoms with E-state index in [1.807, 2.05) is 18.2 Å². The molecule has 0 atom stereocenters. The number of nitrogens with one attached hydrogen (secondary N) is 1. The van der Waals surface area contributed by atoms with E-state index >= 15 is 0 Å². The van der Waals surface area contributed by atoms with Crippen LogP contribution in [0.1, 0.15) is 21.7 Å². The Balaban J connectivity index is 1.32. The topological polar surface area (TPSA) is 74.2 Å². The fourth-order valence-corrected chi connectivity index (χ4v) is 3.38. The van der Waals surface area contributed by atoms with Crippen molar-refractivity contribution in [2.24, 2.45) is 0 Å². The number of aromatic nitrogens is 3. The molecule has 4 rings (SSSR count). The maximum Gasteiger partial charge on any atom is 0.271 e. The second-order valence-electron chi connectivity index (χ2n) is 7.08. The molecule has 2 aromatic heterocycles. The van der Waals surface area contributed by atoms with Crippen LogP contribution in [0.4, 0.5) is 11.5 Å². The minimum absolute atomic E-state index is 0.251. The third-order valence-corrected chi connectivity index (χ3v) is 5.00. The van der Waals surface area contributed by atoms with E-state index in [1.165, 1.54) is 17.4 Å². The van der Waals surface area contributed by atoms with Crippen LogP contribution in [0.15, 0.2) is 61.1 Å². The van der Waals surface area contributed by atoms with Gasteiger partial charge >= 0.3 is 0 Å². The highest BCUT2D eigenvalue weighted by Gasteiger charge is 2.19. The molecule has 0 unspecified atom stereocenters. The third kappa shape index (κ3) is 4.68. The second kappa shape index (κ2) is 8.68. The number of aryl methyl sites for hydroxylation is 1. The lowest BCUT2D eigenvalue weighted by Gasteiger charge is -2.36.